The molecule has 2 N–H and O–H groups in total. The molecule has 1 unspecified atom stereocenters. The number of pyridine rings is 1. The van der Waals surface area contributed by atoms with E-state index < -0.39 is 0 Å². The normalized spacial score (nSPS) is 20.8. The molecule has 16 heavy (non-hydrogen) atoms. The number of morpholine rings is 1. The van der Waals surface area contributed by atoms with Crippen LogP contribution in [0.5, 0.6) is 0 Å². The summed E-state index contributed by atoms with van der Waals surface area (Å²) in [5.41, 5.74) is 7.95. The molecule has 2 heterocycles. The smallest absolute Gasteiger partial charge is 0.125 e. The molecule has 4 nitrogen and oxygen atoms in total. The van der Waals surface area contributed by atoms with E-state index in [9.17, 15) is 0 Å². The van der Waals surface area contributed by atoms with E-state index in [1.807, 2.05) is 19.2 Å². The standard InChI is InChI=1S/C11H15N3OS/c1-8-6-13-3-2-9(8)14-4-5-15-10(7-14)11(12)16/h2-3,6,10H,4-5,7H2,1H3,(H2,12,16). The van der Waals surface area contributed by atoms with Crippen molar-refractivity contribution < 1.29 is 4.74 Å². The Hall–Kier alpha value is -1.20. The van der Waals surface area contributed by atoms with Crippen LogP contribution >= 0.6 is 12.2 Å². The molecule has 1 aliphatic heterocycles. The van der Waals surface area contributed by atoms with Gasteiger partial charge in [0, 0.05) is 24.6 Å². The van der Waals surface area contributed by atoms with Gasteiger partial charge < -0.3 is 15.4 Å². The number of aryl methyl sites for hydroxylation is 1. The van der Waals surface area contributed by atoms with Gasteiger partial charge in [-0.05, 0) is 18.6 Å². The van der Waals surface area contributed by atoms with Gasteiger partial charge >= 0.3 is 0 Å². The Bertz CT molecular complexity index is 397. The summed E-state index contributed by atoms with van der Waals surface area (Å²) in [6.45, 7) is 4.29. The van der Waals surface area contributed by atoms with Crippen LogP contribution in [0.2, 0.25) is 0 Å². The number of thiocarbonyl (C=S) groups is 1. The largest absolute Gasteiger partial charge is 0.391 e. The van der Waals surface area contributed by atoms with Crippen LogP contribution in [0.25, 0.3) is 0 Å². The fraction of sp³-hybridized carbons (Fsp3) is 0.455. The average Bonchev–Trinajstić information content (AvgIpc) is 2.30. The van der Waals surface area contributed by atoms with Crippen LogP contribution in [0, 0.1) is 6.92 Å². The number of rotatable bonds is 2. The quantitative estimate of drug-likeness (QED) is 0.774. The van der Waals surface area contributed by atoms with Crippen molar-refractivity contribution >= 4 is 22.9 Å². The first-order valence-electron chi connectivity index (χ1n) is 5.25. The fourth-order valence-corrected chi connectivity index (χ4v) is 2.00. The monoisotopic (exact) mass is 237 g/mol. The highest BCUT2D eigenvalue weighted by molar-refractivity contribution is 7.80. The fourth-order valence-electron chi connectivity index (χ4n) is 1.86. The van der Waals surface area contributed by atoms with Gasteiger partial charge in [-0.15, -0.1) is 0 Å². The van der Waals surface area contributed by atoms with Crippen LogP contribution in [0.3, 0.4) is 0 Å². The molecule has 0 aliphatic carbocycles. The zero-order valence-electron chi connectivity index (χ0n) is 9.22. The zero-order valence-corrected chi connectivity index (χ0v) is 10.0. The summed E-state index contributed by atoms with van der Waals surface area (Å²) in [7, 11) is 0. The lowest BCUT2D eigenvalue weighted by Gasteiger charge is -2.34. The molecular weight excluding hydrogens is 222 g/mol. The van der Waals surface area contributed by atoms with Crippen molar-refractivity contribution in [2.45, 2.75) is 13.0 Å². The first-order chi connectivity index (χ1) is 7.68. The van der Waals surface area contributed by atoms with E-state index in [1.165, 1.54) is 5.69 Å². The molecule has 1 aromatic rings. The molecule has 0 radical (unpaired) electrons. The first kappa shape index (κ1) is 11.3. The predicted molar refractivity (Wildman–Crippen MR) is 67.7 cm³/mol. The number of hydrogen-bond acceptors (Lipinski definition) is 4. The van der Waals surface area contributed by atoms with Crippen LogP contribution in [0.4, 0.5) is 5.69 Å². The molecule has 2 rings (SSSR count). The van der Waals surface area contributed by atoms with Gasteiger partial charge in [-0.25, -0.2) is 0 Å². The number of hydrogen-bond donors (Lipinski definition) is 1. The molecule has 0 aromatic carbocycles. The van der Waals surface area contributed by atoms with E-state index in [4.69, 9.17) is 22.7 Å². The van der Waals surface area contributed by atoms with E-state index in [2.05, 4.69) is 9.88 Å². The third kappa shape index (κ3) is 2.31. The molecule has 0 saturated carbocycles. The average molecular weight is 237 g/mol. The van der Waals surface area contributed by atoms with E-state index in [0.717, 1.165) is 18.7 Å². The van der Waals surface area contributed by atoms with Gasteiger partial charge in [-0.3, -0.25) is 4.98 Å². The summed E-state index contributed by atoms with van der Waals surface area (Å²) >= 11 is 4.96. The Labute approximate surface area is 100 Å². The summed E-state index contributed by atoms with van der Waals surface area (Å²) in [5.74, 6) is 0. The number of nitrogens with zero attached hydrogens (tertiary/aromatic N) is 2. The Morgan fingerprint density at radius 3 is 3.19 bits per heavy atom. The van der Waals surface area contributed by atoms with Gasteiger partial charge in [0.2, 0.25) is 0 Å². The molecule has 1 atom stereocenters. The first-order valence-corrected chi connectivity index (χ1v) is 5.66. The van der Waals surface area contributed by atoms with Gasteiger partial charge in [0.05, 0.1) is 13.2 Å². The summed E-state index contributed by atoms with van der Waals surface area (Å²) in [4.78, 5) is 6.75. The summed E-state index contributed by atoms with van der Waals surface area (Å²) in [6.07, 6.45) is 3.52. The third-order valence-electron chi connectivity index (χ3n) is 2.72. The second kappa shape index (κ2) is 4.76. The number of ether oxygens (including phenoxy) is 1. The van der Waals surface area contributed by atoms with Crippen molar-refractivity contribution in [2.75, 3.05) is 24.6 Å². The molecule has 0 spiro atoms. The topological polar surface area (TPSA) is 51.4 Å². The maximum absolute atomic E-state index is 5.61. The maximum Gasteiger partial charge on any atom is 0.125 e. The molecular formula is C11H15N3OS. The predicted octanol–water partition coefficient (Wildman–Crippen LogP) is 0.881. The van der Waals surface area contributed by atoms with E-state index in [-0.39, 0.29) is 6.10 Å². The molecule has 0 amide bonds. The highest BCUT2D eigenvalue weighted by Gasteiger charge is 2.23. The summed E-state index contributed by atoms with van der Waals surface area (Å²) in [5, 5.41) is 0. The maximum atomic E-state index is 5.61. The lowest BCUT2D eigenvalue weighted by atomic mass is 10.2. The third-order valence-corrected chi connectivity index (χ3v) is 2.98. The number of nitrogens with two attached hydrogens (primary N) is 1. The second-order valence-electron chi connectivity index (χ2n) is 3.87. The van der Waals surface area contributed by atoms with Crippen molar-refractivity contribution in [3.63, 3.8) is 0 Å². The Morgan fingerprint density at radius 1 is 1.69 bits per heavy atom. The highest BCUT2D eigenvalue weighted by atomic mass is 32.1. The number of anilines is 1. The Balaban J connectivity index is 2.16. The second-order valence-corrected chi connectivity index (χ2v) is 4.34. The summed E-state index contributed by atoms with van der Waals surface area (Å²) < 4.78 is 5.51. The minimum absolute atomic E-state index is 0.142. The number of aromatic nitrogens is 1. The van der Waals surface area contributed by atoms with E-state index >= 15 is 0 Å². The van der Waals surface area contributed by atoms with Crippen molar-refractivity contribution in [1.82, 2.24) is 4.98 Å². The van der Waals surface area contributed by atoms with Crippen LogP contribution in [0.1, 0.15) is 5.56 Å². The van der Waals surface area contributed by atoms with Crippen molar-refractivity contribution in [3.8, 4) is 0 Å². The van der Waals surface area contributed by atoms with Crippen molar-refractivity contribution in [3.05, 3.63) is 24.0 Å². The van der Waals surface area contributed by atoms with Gasteiger partial charge in [0.15, 0.2) is 0 Å². The molecule has 1 fully saturated rings. The summed E-state index contributed by atoms with van der Waals surface area (Å²) in [6, 6.07) is 2.01. The lowest BCUT2D eigenvalue weighted by Crippen LogP contribution is -2.48. The van der Waals surface area contributed by atoms with Crippen LogP contribution in [0.15, 0.2) is 18.5 Å². The van der Waals surface area contributed by atoms with Crippen molar-refractivity contribution in [2.24, 2.45) is 5.73 Å². The molecule has 1 saturated heterocycles. The Kier molecular flexibility index (Phi) is 3.36. The molecule has 5 heteroatoms. The zero-order chi connectivity index (χ0) is 11.5. The van der Waals surface area contributed by atoms with Gasteiger partial charge in [0.25, 0.3) is 0 Å². The van der Waals surface area contributed by atoms with Crippen LogP contribution < -0.4 is 10.6 Å². The molecule has 1 aromatic heterocycles. The van der Waals surface area contributed by atoms with E-state index in [0.29, 0.717) is 11.6 Å². The SMILES string of the molecule is Cc1cnccc1N1CCOC(C(N)=S)C1. The van der Waals surface area contributed by atoms with Gasteiger partial charge in [0.1, 0.15) is 11.1 Å². The van der Waals surface area contributed by atoms with E-state index in [1.54, 1.807) is 6.20 Å². The lowest BCUT2D eigenvalue weighted by molar-refractivity contribution is 0.0847. The van der Waals surface area contributed by atoms with Gasteiger partial charge in [-0.2, -0.15) is 0 Å². The molecule has 86 valence electrons. The highest BCUT2D eigenvalue weighted by Crippen LogP contribution is 2.20. The minimum Gasteiger partial charge on any atom is -0.391 e. The Morgan fingerprint density at radius 2 is 2.50 bits per heavy atom. The van der Waals surface area contributed by atoms with Crippen LogP contribution in [-0.2, 0) is 4.74 Å². The van der Waals surface area contributed by atoms with Gasteiger partial charge in [-0.1, -0.05) is 12.2 Å². The van der Waals surface area contributed by atoms with Crippen molar-refractivity contribution in [1.29, 1.82) is 0 Å². The van der Waals surface area contributed by atoms with Crippen LogP contribution in [-0.4, -0.2) is 35.8 Å². The minimum atomic E-state index is -0.142. The molecule has 1 aliphatic rings. The molecule has 0 bridgehead atoms.